The van der Waals surface area contributed by atoms with Crippen molar-refractivity contribution in [2.75, 3.05) is 20.2 Å². The summed E-state index contributed by atoms with van der Waals surface area (Å²) in [6, 6.07) is 0.553. The molecule has 1 saturated heterocycles. The molecule has 27 heavy (non-hydrogen) atoms. The zero-order valence-corrected chi connectivity index (χ0v) is 16.5. The third-order valence-corrected chi connectivity index (χ3v) is 6.21. The predicted octanol–water partition coefficient (Wildman–Crippen LogP) is 2.14. The molecular formula is C19H30N6O2. The molecule has 148 valence electrons. The zero-order valence-electron chi connectivity index (χ0n) is 16.5. The van der Waals surface area contributed by atoms with Gasteiger partial charge in [0, 0.05) is 32.1 Å². The lowest BCUT2D eigenvalue weighted by Crippen LogP contribution is -2.36. The van der Waals surface area contributed by atoms with E-state index in [0.29, 0.717) is 29.7 Å². The first-order valence-electron chi connectivity index (χ1n) is 9.95. The first-order valence-corrected chi connectivity index (χ1v) is 9.95. The number of methoxy groups -OCH3 is 1. The number of nitrogens with zero attached hydrogens (tertiary/aromatic N) is 5. The molecule has 2 fully saturated rings. The molecular weight excluding hydrogens is 344 g/mol. The average molecular weight is 374 g/mol. The molecule has 1 aliphatic heterocycles. The Morgan fingerprint density at radius 3 is 2.96 bits per heavy atom. The van der Waals surface area contributed by atoms with Gasteiger partial charge in [-0.3, -0.25) is 4.90 Å². The summed E-state index contributed by atoms with van der Waals surface area (Å²) in [6.45, 7) is 8.69. The maximum atomic E-state index is 5.53. The van der Waals surface area contributed by atoms with Gasteiger partial charge in [-0.15, -0.1) is 0 Å². The van der Waals surface area contributed by atoms with E-state index in [4.69, 9.17) is 9.26 Å². The van der Waals surface area contributed by atoms with Crippen LogP contribution in [-0.4, -0.2) is 50.8 Å². The van der Waals surface area contributed by atoms with Crippen molar-refractivity contribution in [1.82, 2.24) is 29.9 Å². The van der Waals surface area contributed by atoms with Crippen LogP contribution in [0.4, 0.5) is 0 Å². The van der Waals surface area contributed by atoms with E-state index in [0.717, 1.165) is 32.0 Å². The van der Waals surface area contributed by atoms with Crippen LogP contribution in [0.5, 0.6) is 0 Å². The monoisotopic (exact) mass is 374 g/mol. The normalized spacial score (nSPS) is 22.4. The molecule has 8 heteroatoms. The van der Waals surface area contributed by atoms with E-state index in [1.54, 1.807) is 7.11 Å². The van der Waals surface area contributed by atoms with Crippen molar-refractivity contribution in [2.24, 2.45) is 5.41 Å². The smallest absolute Gasteiger partial charge is 0.240 e. The Kier molecular flexibility index (Phi) is 5.29. The number of ether oxygens (including phenoxy) is 1. The lowest BCUT2D eigenvalue weighted by molar-refractivity contribution is 0.109. The van der Waals surface area contributed by atoms with E-state index in [9.17, 15) is 0 Å². The molecule has 2 aromatic rings. The highest BCUT2D eigenvalue weighted by molar-refractivity contribution is 5.11. The lowest BCUT2D eigenvalue weighted by Gasteiger charge is -2.28. The quantitative estimate of drug-likeness (QED) is 0.758. The number of rotatable bonds is 8. The molecule has 0 radical (unpaired) electrons. The van der Waals surface area contributed by atoms with Crippen LogP contribution in [0.2, 0.25) is 0 Å². The molecule has 8 nitrogen and oxygen atoms in total. The minimum atomic E-state index is -0.161. The van der Waals surface area contributed by atoms with Crippen molar-refractivity contribution in [3.63, 3.8) is 0 Å². The van der Waals surface area contributed by atoms with Crippen LogP contribution in [0.1, 0.15) is 56.8 Å². The standard InChI is InChI=1S/C19H30N6O2/c1-4-24-10-9-21-16(24)12-25(15-11-19(15)5-7-20-8-6-19)13-17-22-18(23-27-17)14(2)26-3/h9-10,14-15,20H,4-8,11-13H2,1-3H3/t14-,15-/m1/s1. The molecule has 2 atom stereocenters. The largest absolute Gasteiger partial charge is 0.374 e. The molecule has 1 N–H and O–H groups in total. The van der Waals surface area contributed by atoms with Gasteiger partial charge in [0.05, 0.1) is 13.1 Å². The fourth-order valence-corrected chi connectivity index (χ4v) is 4.32. The fraction of sp³-hybridized carbons (Fsp3) is 0.737. The molecule has 1 spiro atoms. The number of nitrogens with one attached hydrogen (secondary N) is 1. The van der Waals surface area contributed by atoms with Gasteiger partial charge in [0.2, 0.25) is 5.89 Å². The summed E-state index contributed by atoms with van der Waals surface area (Å²) in [6.07, 6.45) is 7.50. The van der Waals surface area contributed by atoms with Gasteiger partial charge in [-0.05, 0) is 51.6 Å². The number of hydrogen-bond acceptors (Lipinski definition) is 7. The van der Waals surface area contributed by atoms with Crippen LogP contribution in [0.15, 0.2) is 16.9 Å². The molecule has 0 bridgehead atoms. The average Bonchev–Trinajstić information content (AvgIpc) is 3.06. The van der Waals surface area contributed by atoms with E-state index in [-0.39, 0.29) is 6.10 Å². The topological polar surface area (TPSA) is 81.2 Å². The summed E-state index contributed by atoms with van der Waals surface area (Å²) in [4.78, 5) is 11.6. The first kappa shape index (κ1) is 18.6. The van der Waals surface area contributed by atoms with Gasteiger partial charge >= 0.3 is 0 Å². The van der Waals surface area contributed by atoms with E-state index in [1.165, 1.54) is 19.3 Å². The van der Waals surface area contributed by atoms with Crippen molar-refractivity contribution in [3.8, 4) is 0 Å². The molecule has 1 aliphatic carbocycles. The predicted molar refractivity (Wildman–Crippen MR) is 99.8 cm³/mol. The Labute approximate surface area is 160 Å². The molecule has 3 heterocycles. The van der Waals surface area contributed by atoms with E-state index in [1.807, 2.05) is 19.3 Å². The molecule has 0 aromatic carbocycles. The number of aromatic nitrogens is 4. The Bertz CT molecular complexity index is 751. The molecule has 1 saturated carbocycles. The highest BCUT2D eigenvalue weighted by Gasteiger charge is 2.56. The minimum absolute atomic E-state index is 0.161. The van der Waals surface area contributed by atoms with Crippen LogP contribution in [0, 0.1) is 5.41 Å². The number of piperidine rings is 1. The van der Waals surface area contributed by atoms with Gasteiger partial charge < -0.3 is 19.1 Å². The Morgan fingerprint density at radius 2 is 2.22 bits per heavy atom. The molecule has 4 rings (SSSR count). The maximum absolute atomic E-state index is 5.53. The van der Waals surface area contributed by atoms with Crippen LogP contribution in [0.3, 0.4) is 0 Å². The van der Waals surface area contributed by atoms with Crippen molar-refractivity contribution >= 4 is 0 Å². The zero-order chi connectivity index (χ0) is 18.9. The number of hydrogen-bond donors (Lipinski definition) is 1. The second-order valence-electron chi connectivity index (χ2n) is 7.79. The van der Waals surface area contributed by atoms with Gasteiger partial charge in [-0.2, -0.15) is 4.98 Å². The SMILES string of the molecule is CCn1ccnc1CN(Cc1nc([C@@H](C)OC)no1)[C@@H]1CC12CCNCC2. The number of aryl methyl sites for hydroxylation is 1. The van der Waals surface area contributed by atoms with Crippen LogP contribution in [0.25, 0.3) is 0 Å². The molecule has 2 aliphatic rings. The third-order valence-electron chi connectivity index (χ3n) is 6.21. The summed E-state index contributed by atoms with van der Waals surface area (Å²) in [7, 11) is 1.66. The van der Waals surface area contributed by atoms with Crippen molar-refractivity contribution in [3.05, 3.63) is 29.9 Å². The maximum Gasteiger partial charge on any atom is 0.240 e. The summed E-state index contributed by atoms with van der Waals surface area (Å²) < 4.78 is 13.0. The van der Waals surface area contributed by atoms with Crippen molar-refractivity contribution < 1.29 is 9.26 Å². The van der Waals surface area contributed by atoms with Gasteiger partial charge in [-0.25, -0.2) is 4.98 Å². The summed E-state index contributed by atoms with van der Waals surface area (Å²) >= 11 is 0. The van der Waals surface area contributed by atoms with Gasteiger partial charge in [-0.1, -0.05) is 5.16 Å². The fourth-order valence-electron chi connectivity index (χ4n) is 4.32. The van der Waals surface area contributed by atoms with Crippen LogP contribution >= 0.6 is 0 Å². The molecule has 0 amide bonds. The summed E-state index contributed by atoms with van der Waals surface area (Å²) in [5, 5.41) is 7.57. The first-order chi connectivity index (χ1) is 13.1. The van der Waals surface area contributed by atoms with E-state index in [2.05, 4.69) is 36.8 Å². The lowest BCUT2D eigenvalue weighted by atomic mass is 9.93. The van der Waals surface area contributed by atoms with Crippen molar-refractivity contribution in [1.29, 1.82) is 0 Å². The third kappa shape index (κ3) is 3.79. The second-order valence-corrected chi connectivity index (χ2v) is 7.79. The van der Waals surface area contributed by atoms with Gasteiger partial charge in [0.15, 0.2) is 5.82 Å². The minimum Gasteiger partial charge on any atom is -0.374 e. The van der Waals surface area contributed by atoms with Gasteiger partial charge in [0.25, 0.3) is 0 Å². The number of imidazole rings is 1. The molecule has 2 aromatic heterocycles. The Balaban J connectivity index is 1.52. The van der Waals surface area contributed by atoms with E-state index >= 15 is 0 Å². The van der Waals surface area contributed by atoms with Crippen LogP contribution < -0.4 is 5.32 Å². The highest BCUT2D eigenvalue weighted by Crippen LogP contribution is 2.56. The molecule has 0 unspecified atom stereocenters. The second kappa shape index (κ2) is 7.69. The van der Waals surface area contributed by atoms with Gasteiger partial charge in [0.1, 0.15) is 11.9 Å². The van der Waals surface area contributed by atoms with Crippen molar-refractivity contribution in [2.45, 2.75) is 64.9 Å². The van der Waals surface area contributed by atoms with E-state index < -0.39 is 0 Å². The van der Waals surface area contributed by atoms with Crippen LogP contribution in [-0.2, 0) is 24.4 Å². The highest BCUT2D eigenvalue weighted by atomic mass is 16.5. The summed E-state index contributed by atoms with van der Waals surface area (Å²) in [5.41, 5.74) is 0.442. The summed E-state index contributed by atoms with van der Waals surface area (Å²) in [5.74, 6) is 2.35. The Hall–Kier alpha value is -1.77. The Morgan fingerprint density at radius 1 is 1.41 bits per heavy atom.